The molecular weight excluding hydrogens is 338 g/mol. The zero-order valence-corrected chi connectivity index (χ0v) is 14.5. The smallest absolute Gasteiger partial charge is 0.188 e. The van der Waals surface area contributed by atoms with E-state index < -0.39 is 0 Å². The number of anilines is 1. The van der Waals surface area contributed by atoms with E-state index in [1.165, 1.54) is 11.3 Å². The van der Waals surface area contributed by atoms with E-state index in [4.69, 9.17) is 9.47 Å². The molecule has 1 heterocycles. The molecule has 2 aromatic carbocycles. The van der Waals surface area contributed by atoms with Crippen LogP contribution in [0.5, 0.6) is 5.75 Å². The van der Waals surface area contributed by atoms with Gasteiger partial charge in [0.25, 0.3) is 0 Å². The number of benzene rings is 2. The lowest BCUT2D eigenvalue weighted by atomic mass is 10.2. The van der Waals surface area contributed by atoms with Crippen LogP contribution in [0.3, 0.4) is 0 Å². The highest BCUT2D eigenvalue weighted by Crippen LogP contribution is 2.27. The summed E-state index contributed by atoms with van der Waals surface area (Å²) in [4.78, 5) is 15.4. The highest BCUT2D eigenvalue weighted by Gasteiger charge is 2.04. The molecule has 1 N–H and O–H groups in total. The van der Waals surface area contributed by atoms with Crippen LogP contribution in [0, 0.1) is 16.7 Å². The lowest BCUT2D eigenvalue weighted by Crippen LogP contribution is -1.98. The summed E-state index contributed by atoms with van der Waals surface area (Å²) < 4.78 is 11.3. The van der Waals surface area contributed by atoms with Crippen molar-refractivity contribution in [1.29, 1.82) is 0 Å². The summed E-state index contributed by atoms with van der Waals surface area (Å²) in [6.07, 6.45) is 0. The number of hydrogen-bond donors (Lipinski definition) is 1. The topological polar surface area (TPSA) is 72.8 Å². The molecule has 0 spiro atoms. The summed E-state index contributed by atoms with van der Waals surface area (Å²) in [5.74, 6) is 6.77. The first-order valence-electron chi connectivity index (χ1n) is 7.43. The van der Waals surface area contributed by atoms with Crippen LogP contribution >= 0.6 is 11.3 Å². The molecule has 126 valence electrons. The van der Waals surface area contributed by atoms with Crippen molar-refractivity contribution in [2.75, 3.05) is 26.3 Å². The number of fused-ring (bicyclic) bond motifs is 1. The van der Waals surface area contributed by atoms with Crippen LogP contribution in [-0.4, -0.2) is 25.9 Å². The number of hydrogen-bond acceptors (Lipinski definition) is 7. The van der Waals surface area contributed by atoms with Gasteiger partial charge in [-0.1, -0.05) is 5.92 Å². The molecule has 0 saturated heterocycles. The third-order valence-electron chi connectivity index (χ3n) is 3.38. The molecule has 0 atom stereocenters. The average molecular weight is 353 g/mol. The Kier molecular flexibility index (Phi) is 5.23. The van der Waals surface area contributed by atoms with E-state index in [-0.39, 0.29) is 6.79 Å². The molecule has 6 nitrogen and oxygen atoms in total. The second kappa shape index (κ2) is 7.75. The Morgan fingerprint density at radius 3 is 2.88 bits per heavy atom. The van der Waals surface area contributed by atoms with E-state index in [2.05, 4.69) is 27.3 Å². The minimum atomic E-state index is 0.201. The van der Waals surface area contributed by atoms with Crippen LogP contribution in [0.4, 0.5) is 11.4 Å². The molecule has 3 aromatic rings. The third kappa shape index (κ3) is 3.94. The predicted molar refractivity (Wildman–Crippen MR) is 99.5 cm³/mol. The van der Waals surface area contributed by atoms with Gasteiger partial charge in [0, 0.05) is 19.7 Å². The Balaban J connectivity index is 1.86. The van der Waals surface area contributed by atoms with Gasteiger partial charge in [-0.2, -0.15) is 0 Å². The average Bonchev–Trinajstić information content (AvgIpc) is 3.06. The maximum atomic E-state index is 10.9. The van der Waals surface area contributed by atoms with Crippen molar-refractivity contribution in [2.24, 2.45) is 5.18 Å². The largest absolute Gasteiger partial charge is 0.468 e. The van der Waals surface area contributed by atoms with Crippen molar-refractivity contribution in [3.63, 3.8) is 0 Å². The van der Waals surface area contributed by atoms with Crippen LogP contribution in [0.15, 0.2) is 41.6 Å². The first-order valence-corrected chi connectivity index (χ1v) is 8.24. The Labute approximate surface area is 148 Å². The molecule has 0 amide bonds. The van der Waals surface area contributed by atoms with Gasteiger partial charge in [-0.25, -0.2) is 4.98 Å². The van der Waals surface area contributed by atoms with Crippen LogP contribution in [-0.2, 0) is 4.74 Å². The van der Waals surface area contributed by atoms with Gasteiger partial charge in [-0.15, -0.1) is 16.2 Å². The van der Waals surface area contributed by atoms with Crippen molar-refractivity contribution in [1.82, 2.24) is 4.98 Å². The number of nitrogens with one attached hydrogen (secondary N) is 1. The van der Waals surface area contributed by atoms with Crippen LogP contribution in [0.1, 0.15) is 10.6 Å². The van der Waals surface area contributed by atoms with Gasteiger partial charge in [-0.05, 0) is 47.5 Å². The molecule has 25 heavy (non-hydrogen) atoms. The monoisotopic (exact) mass is 353 g/mol. The van der Waals surface area contributed by atoms with Gasteiger partial charge in [0.05, 0.1) is 15.9 Å². The minimum Gasteiger partial charge on any atom is -0.468 e. The fourth-order valence-corrected chi connectivity index (χ4v) is 3.04. The molecule has 0 aliphatic heterocycles. The molecule has 1 aromatic heterocycles. The maximum absolute atomic E-state index is 10.9. The molecule has 0 radical (unpaired) electrons. The molecule has 7 heteroatoms. The highest BCUT2D eigenvalue weighted by molar-refractivity contribution is 7.19. The van der Waals surface area contributed by atoms with Crippen LogP contribution in [0.2, 0.25) is 0 Å². The molecular formula is C18H15N3O3S. The van der Waals surface area contributed by atoms with Crippen LogP contribution < -0.4 is 10.1 Å². The van der Waals surface area contributed by atoms with Crippen molar-refractivity contribution in [2.45, 2.75) is 0 Å². The quantitative estimate of drug-likeness (QED) is 0.424. The summed E-state index contributed by atoms with van der Waals surface area (Å²) in [5, 5.41) is 6.61. The minimum absolute atomic E-state index is 0.201. The van der Waals surface area contributed by atoms with E-state index in [1.54, 1.807) is 26.3 Å². The van der Waals surface area contributed by atoms with E-state index in [0.717, 1.165) is 16.0 Å². The Bertz CT molecular complexity index is 973. The van der Waals surface area contributed by atoms with Gasteiger partial charge in [0.2, 0.25) is 0 Å². The zero-order chi connectivity index (χ0) is 17.6. The first kappa shape index (κ1) is 16.9. The zero-order valence-electron chi connectivity index (χ0n) is 13.7. The van der Waals surface area contributed by atoms with E-state index in [9.17, 15) is 4.91 Å². The van der Waals surface area contributed by atoms with Crippen LogP contribution in [0.25, 0.3) is 10.2 Å². The first-order chi connectivity index (χ1) is 12.2. The summed E-state index contributed by atoms with van der Waals surface area (Å²) in [6.45, 7) is 0.201. The van der Waals surface area contributed by atoms with Gasteiger partial charge < -0.3 is 14.8 Å². The Hall–Kier alpha value is -2.95. The lowest BCUT2D eigenvalue weighted by Gasteiger charge is -2.03. The SMILES string of the molecule is CNc1ccc(C#Cc2nc3ccc(OCOC)cc3s2)cc1N=O. The van der Waals surface area contributed by atoms with E-state index >= 15 is 0 Å². The van der Waals surface area contributed by atoms with Crippen molar-refractivity contribution in [3.8, 4) is 17.6 Å². The highest BCUT2D eigenvalue weighted by atomic mass is 32.1. The standard InChI is InChI=1S/C18H15N3O3S/c1-19-14-6-3-12(9-16(14)21-22)4-8-18-20-15-7-5-13(24-11-23-2)10-17(15)25-18/h3,5-7,9-10,19H,11H2,1-2H3. The fraction of sp³-hybridized carbons (Fsp3) is 0.167. The summed E-state index contributed by atoms with van der Waals surface area (Å²) in [6, 6.07) is 10.9. The number of thiazole rings is 1. The van der Waals surface area contributed by atoms with Crippen molar-refractivity contribution < 1.29 is 9.47 Å². The molecule has 0 saturated carbocycles. The predicted octanol–water partition coefficient (Wildman–Crippen LogP) is 4.12. The van der Waals surface area contributed by atoms with Gasteiger partial charge in [0.1, 0.15) is 11.4 Å². The van der Waals surface area contributed by atoms with E-state index in [0.29, 0.717) is 21.9 Å². The number of ether oxygens (including phenoxy) is 2. The second-order valence-corrected chi connectivity index (χ2v) is 6.05. The fourth-order valence-electron chi connectivity index (χ4n) is 2.20. The van der Waals surface area contributed by atoms with Gasteiger partial charge >= 0.3 is 0 Å². The number of nitrogens with zero attached hydrogens (tertiary/aromatic N) is 2. The number of rotatable bonds is 5. The Morgan fingerprint density at radius 2 is 2.12 bits per heavy atom. The summed E-state index contributed by atoms with van der Waals surface area (Å²) in [7, 11) is 3.31. The van der Waals surface area contributed by atoms with Crippen molar-refractivity contribution >= 4 is 32.9 Å². The molecule has 0 unspecified atom stereocenters. The normalized spacial score (nSPS) is 10.2. The molecule has 3 rings (SSSR count). The molecule has 0 aliphatic rings. The summed E-state index contributed by atoms with van der Waals surface area (Å²) in [5.41, 5.74) is 2.57. The number of nitroso groups, excluding NO2 is 1. The van der Waals surface area contributed by atoms with Crippen molar-refractivity contribution in [3.05, 3.63) is 51.9 Å². The Morgan fingerprint density at radius 1 is 1.24 bits per heavy atom. The number of methoxy groups -OCH3 is 1. The molecule has 0 fully saturated rings. The third-order valence-corrected chi connectivity index (χ3v) is 4.32. The second-order valence-electron chi connectivity index (χ2n) is 5.02. The molecule has 0 aliphatic carbocycles. The summed E-state index contributed by atoms with van der Waals surface area (Å²) >= 11 is 1.48. The van der Waals surface area contributed by atoms with Gasteiger partial charge in [0.15, 0.2) is 11.8 Å². The maximum Gasteiger partial charge on any atom is 0.188 e. The number of aromatic nitrogens is 1. The van der Waals surface area contributed by atoms with Gasteiger partial charge in [-0.3, -0.25) is 0 Å². The van der Waals surface area contributed by atoms with E-state index in [1.807, 2.05) is 24.3 Å². The molecule has 0 bridgehead atoms. The lowest BCUT2D eigenvalue weighted by molar-refractivity contribution is 0.0512.